The summed E-state index contributed by atoms with van der Waals surface area (Å²) in [5, 5.41) is 2.79. The van der Waals surface area contributed by atoms with Gasteiger partial charge in [0, 0.05) is 6.42 Å². The Morgan fingerprint density at radius 2 is 2.05 bits per heavy atom. The van der Waals surface area contributed by atoms with Crippen molar-refractivity contribution in [3.63, 3.8) is 0 Å². The first-order valence-corrected chi connectivity index (χ1v) is 6.08. The molecule has 3 rings (SSSR count). The van der Waals surface area contributed by atoms with Gasteiger partial charge in [-0.05, 0) is 29.8 Å². The van der Waals surface area contributed by atoms with Crippen molar-refractivity contribution in [3.05, 3.63) is 47.4 Å². The molecule has 19 heavy (non-hydrogen) atoms. The first-order chi connectivity index (χ1) is 9.24. The molecule has 0 bridgehead atoms. The van der Waals surface area contributed by atoms with Crippen molar-refractivity contribution in [2.45, 2.75) is 13.0 Å². The quantitative estimate of drug-likeness (QED) is 0.877. The molecule has 5 heteroatoms. The van der Waals surface area contributed by atoms with Gasteiger partial charge in [0.05, 0.1) is 12.2 Å². The summed E-state index contributed by atoms with van der Waals surface area (Å²) in [6.45, 7) is 0.471. The summed E-state index contributed by atoms with van der Waals surface area (Å²) in [6.07, 6.45) is 0.656. The number of hydrogen-bond acceptors (Lipinski definition) is 4. The van der Waals surface area contributed by atoms with Crippen LogP contribution in [-0.2, 0) is 17.8 Å². The SMILES string of the molecule is NCc1ccc(Cc2ccc3c(c2)NC(=O)CO3)o1. The number of rotatable bonds is 3. The van der Waals surface area contributed by atoms with E-state index in [0.29, 0.717) is 24.4 Å². The van der Waals surface area contributed by atoms with E-state index in [2.05, 4.69) is 5.32 Å². The molecule has 1 aliphatic rings. The van der Waals surface area contributed by atoms with Crippen molar-refractivity contribution >= 4 is 11.6 Å². The van der Waals surface area contributed by atoms with E-state index in [9.17, 15) is 4.79 Å². The molecule has 2 heterocycles. The smallest absolute Gasteiger partial charge is 0.262 e. The Kier molecular flexibility index (Phi) is 2.97. The van der Waals surface area contributed by atoms with Crippen LogP contribution in [0.4, 0.5) is 5.69 Å². The fourth-order valence-corrected chi connectivity index (χ4v) is 2.07. The summed E-state index contributed by atoms with van der Waals surface area (Å²) in [5.74, 6) is 2.19. The van der Waals surface area contributed by atoms with Gasteiger partial charge in [0.25, 0.3) is 5.91 Å². The second-order valence-corrected chi connectivity index (χ2v) is 4.42. The van der Waals surface area contributed by atoms with Crippen molar-refractivity contribution in [1.82, 2.24) is 0 Å². The Bertz CT molecular complexity index is 619. The van der Waals surface area contributed by atoms with Crippen molar-refractivity contribution in [3.8, 4) is 5.75 Å². The van der Waals surface area contributed by atoms with Crippen LogP contribution in [0.15, 0.2) is 34.7 Å². The second-order valence-electron chi connectivity index (χ2n) is 4.42. The largest absolute Gasteiger partial charge is 0.482 e. The molecule has 1 aliphatic heterocycles. The van der Waals surface area contributed by atoms with Gasteiger partial charge in [-0.3, -0.25) is 4.79 Å². The number of carbonyl (C=O) groups is 1. The average Bonchev–Trinajstić information content (AvgIpc) is 2.86. The molecule has 0 spiro atoms. The molecule has 5 nitrogen and oxygen atoms in total. The highest BCUT2D eigenvalue weighted by Gasteiger charge is 2.16. The average molecular weight is 258 g/mol. The molecule has 2 aromatic rings. The van der Waals surface area contributed by atoms with Crippen LogP contribution >= 0.6 is 0 Å². The summed E-state index contributed by atoms with van der Waals surface area (Å²) >= 11 is 0. The van der Waals surface area contributed by atoms with Crippen molar-refractivity contribution in [2.24, 2.45) is 5.73 Å². The van der Waals surface area contributed by atoms with Crippen LogP contribution in [0, 0.1) is 0 Å². The van der Waals surface area contributed by atoms with Crippen LogP contribution in [0.5, 0.6) is 5.75 Å². The zero-order valence-electron chi connectivity index (χ0n) is 10.3. The van der Waals surface area contributed by atoms with Gasteiger partial charge >= 0.3 is 0 Å². The van der Waals surface area contributed by atoms with Crippen LogP contribution in [-0.4, -0.2) is 12.5 Å². The lowest BCUT2D eigenvalue weighted by atomic mass is 10.1. The molecule has 1 amide bonds. The Labute approximate surface area is 110 Å². The van der Waals surface area contributed by atoms with Gasteiger partial charge in [0.1, 0.15) is 17.3 Å². The summed E-state index contributed by atoms with van der Waals surface area (Å²) in [6, 6.07) is 9.50. The van der Waals surface area contributed by atoms with E-state index in [1.165, 1.54) is 0 Å². The van der Waals surface area contributed by atoms with E-state index in [1.807, 2.05) is 30.3 Å². The molecule has 0 saturated heterocycles. The number of furan rings is 1. The molecule has 0 saturated carbocycles. The summed E-state index contributed by atoms with van der Waals surface area (Å²) < 4.78 is 10.9. The number of nitrogens with one attached hydrogen (secondary N) is 1. The topological polar surface area (TPSA) is 77.5 Å². The molecule has 1 aromatic carbocycles. The number of amides is 1. The molecular weight excluding hydrogens is 244 g/mol. The van der Waals surface area contributed by atoms with Crippen LogP contribution in [0.3, 0.4) is 0 Å². The minimum absolute atomic E-state index is 0.0738. The number of benzene rings is 1. The second kappa shape index (κ2) is 4.78. The number of ether oxygens (including phenoxy) is 1. The monoisotopic (exact) mass is 258 g/mol. The third-order valence-corrected chi connectivity index (χ3v) is 2.97. The van der Waals surface area contributed by atoms with Gasteiger partial charge in [-0.15, -0.1) is 0 Å². The van der Waals surface area contributed by atoms with E-state index >= 15 is 0 Å². The minimum Gasteiger partial charge on any atom is -0.482 e. The lowest BCUT2D eigenvalue weighted by Crippen LogP contribution is -2.25. The molecule has 0 unspecified atom stereocenters. The summed E-state index contributed by atoms with van der Waals surface area (Å²) in [4.78, 5) is 11.3. The van der Waals surface area contributed by atoms with Crippen LogP contribution < -0.4 is 15.8 Å². The van der Waals surface area contributed by atoms with Gasteiger partial charge in [-0.2, -0.15) is 0 Å². The van der Waals surface area contributed by atoms with Gasteiger partial charge in [0.2, 0.25) is 0 Å². The van der Waals surface area contributed by atoms with E-state index < -0.39 is 0 Å². The van der Waals surface area contributed by atoms with Gasteiger partial charge in [0.15, 0.2) is 6.61 Å². The highest BCUT2D eigenvalue weighted by Crippen LogP contribution is 2.29. The summed E-state index contributed by atoms with van der Waals surface area (Å²) in [5.41, 5.74) is 7.26. The number of nitrogens with two attached hydrogens (primary N) is 1. The Balaban J connectivity index is 1.81. The van der Waals surface area contributed by atoms with Crippen molar-refractivity contribution in [2.75, 3.05) is 11.9 Å². The van der Waals surface area contributed by atoms with E-state index in [4.69, 9.17) is 14.9 Å². The predicted molar refractivity (Wildman–Crippen MR) is 70.0 cm³/mol. The fraction of sp³-hybridized carbons (Fsp3) is 0.214. The molecule has 0 aliphatic carbocycles. The normalized spacial score (nSPS) is 13.6. The fourth-order valence-electron chi connectivity index (χ4n) is 2.07. The van der Waals surface area contributed by atoms with Gasteiger partial charge in [-0.1, -0.05) is 6.07 Å². The van der Waals surface area contributed by atoms with Crippen LogP contribution in [0.2, 0.25) is 0 Å². The molecule has 98 valence electrons. The molecule has 0 fully saturated rings. The third-order valence-electron chi connectivity index (χ3n) is 2.97. The molecular formula is C14H14N2O3. The maximum absolute atomic E-state index is 11.3. The third kappa shape index (κ3) is 2.46. The Morgan fingerprint density at radius 3 is 2.84 bits per heavy atom. The molecule has 3 N–H and O–H groups in total. The van der Waals surface area contributed by atoms with Crippen LogP contribution in [0.25, 0.3) is 0 Å². The maximum Gasteiger partial charge on any atom is 0.262 e. The van der Waals surface area contributed by atoms with Crippen molar-refractivity contribution < 1.29 is 13.9 Å². The Hall–Kier alpha value is -2.27. The van der Waals surface area contributed by atoms with E-state index in [1.54, 1.807) is 0 Å². The van der Waals surface area contributed by atoms with Crippen LogP contribution in [0.1, 0.15) is 17.1 Å². The zero-order valence-corrected chi connectivity index (χ0v) is 10.3. The lowest BCUT2D eigenvalue weighted by Gasteiger charge is -2.18. The highest BCUT2D eigenvalue weighted by atomic mass is 16.5. The zero-order chi connectivity index (χ0) is 13.2. The van der Waals surface area contributed by atoms with E-state index in [-0.39, 0.29) is 12.5 Å². The Morgan fingerprint density at radius 1 is 1.21 bits per heavy atom. The lowest BCUT2D eigenvalue weighted by molar-refractivity contribution is -0.118. The predicted octanol–water partition coefficient (Wildman–Crippen LogP) is 1.66. The first kappa shape index (κ1) is 11.8. The molecule has 1 aromatic heterocycles. The number of anilines is 1. The van der Waals surface area contributed by atoms with Crippen molar-refractivity contribution in [1.29, 1.82) is 0 Å². The summed E-state index contributed by atoms with van der Waals surface area (Å²) in [7, 11) is 0. The number of hydrogen-bond donors (Lipinski definition) is 2. The standard InChI is InChI=1S/C14H14N2O3/c15-7-11-3-2-10(19-11)5-9-1-4-13-12(6-9)16-14(17)8-18-13/h1-4,6H,5,7-8,15H2,(H,16,17). The molecule has 0 atom stereocenters. The number of fused-ring (bicyclic) bond motifs is 1. The molecule has 0 radical (unpaired) electrons. The number of carbonyl (C=O) groups excluding carboxylic acids is 1. The maximum atomic E-state index is 11.3. The van der Waals surface area contributed by atoms with E-state index in [0.717, 1.165) is 17.1 Å². The minimum atomic E-state index is -0.131. The highest BCUT2D eigenvalue weighted by molar-refractivity contribution is 5.95. The first-order valence-electron chi connectivity index (χ1n) is 6.08. The van der Waals surface area contributed by atoms with Gasteiger partial charge in [-0.25, -0.2) is 0 Å². The van der Waals surface area contributed by atoms with Gasteiger partial charge < -0.3 is 20.2 Å².